The number of hydrogen-bond donors (Lipinski definition) is 3. The molecule has 4 heteroatoms. The third-order valence-corrected chi connectivity index (χ3v) is 2.32. The van der Waals surface area contributed by atoms with E-state index in [0.717, 1.165) is 0 Å². The van der Waals surface area contributed by atoms with Crippen LogP contribution < -0.4 is 5.32 Å². The Morgan fingerprint density at radius 2 is 2.31 bits per heavy atom. The monoisotopic (exact) mass is 224 g/mol. The van der Waals surface area contributed by atoms with E-state index in [2.05, 4.69) is 10.3 Å². The molecule has 90 valence electrons. The summed E-state index contributed by atoms with van der Waals surface area (Å²) in [5.41, 5.74) is -0.337. The minimum Gasteiger partial charge on any atom is -0.388 e. The molecule has 1 unspecified atom stereocenters. The van der Waals surface area contributed by atoms with Gasteiger partial charge in [-0.2, -0.15) is 0 Å². The molecule has 1 heterocycles. The summed E-state index contributed by atoms with van der Waals surface area (Å²) in [6.07, 6.45) is 2.36. The Labute approximate surface area is 96.1 Å². The molecule has 0 bridgehead atoms. The minimum atomic E-state index is -0.851. The Morgan fingerprint density at radius 3 is 2.81 bits per heavy atom. The molecule has 0 fully saturated rings. The highest BCUT2D eigenvalue weighted by Crippen LogP contribution is 2.15. The van der Waals surface area contributed by atoms with E-state index < -0.39 is 5.60 Å². The molecule has 1 atom stereocenters. The van der Waals surface area contributed by atoms with Gasteiger partial charge in [-0.05, 0) is 31.4 Å². The molecule has 0 saturated heterocycles. The van der Waals surface area contributed by atoms with Gasteiger partial charge in [0.1, 0.15) is 5.69 Å². The highest BCUT2D eigenvalue weighted by molar-refractivity contribution is 5.92. The summed E-state index contributed by atoms with van der Waals surface area (Å²) in [5, 5.41) is 12.7. The summed E-state index contributed by atoms with van der Waals surface area (Å²) in [7, 11) is 0. The highest BCUT2D eigenvalue weighted by Gasteiger charge is 2.22. The van der Waals surface area contributed by atoms with E-state index in [1.165, 1.54) is 0 Å². The molecule has 0 aliphatic heterocycles. The van der Waals surface area contributed by atoms with Gasteiger partial charge in [0.15, 0.2) is 0 Å². The SMILES string of the molecule is CC(C)CC(C)(O)CNC(=O)c1ccc[nH]1. The van der Waals surface area contributed by atoms with Crippen LogP contribution in [0.5, 0.6) is 0 Å². The molecule has 4 nitrogen and oxygen atoms in total. The lowest BCUT2D eigenvalue weighted by Gasteiger charge is -2.25. The van der Waals surface area contributed by atoms with Crippen LogP contribution in [0.25, 0.3) is 0 Å². The van der Waals surface area contributed by atoms with E-state index in [4.69, 9.17) is 0 Å². The molecular formula is C12H20N2O2. The predicted octanol–water partition coefficient (Wildman–Crippen LogP) is 1.54. The molecule has 0 aromatic carbocycles. The number of rotatable bonds is 5. The standard InChI is InChI=1S/C12H20N2O2/c1-9(2)7-12(3,16)8-14-11(15)10-5-4-6-13-10/h4-6,9,13,16H,7-8H2,1-3H3,(H,14,15). The number of aliphatic hydroxyl groups is 1. The molecule has 1 aromatic rings. The van der Waals surface area contributed by atoms with Crippen molar-refractivity contribution in [3.63, 3.8) is 0 Å². The zero-order valence-corrected chi connectivity index (χ0v) is 10.1. The Bertz CT molecular complexity index is 329. The summed E-state index contributed by atoms with van der Waals surface area (Å²) >= 11 is 0. The van der Waals surface area contributed by atoms with E-state index >= 15 is 0 Å². The molecule has 0 spiro atoms. The maximum absolute atomic E-state index is 11.6. The van der Waals surface area contributed by atoms with Crippen molar-refractivity contribution in [1.29, 1.82) is 0 Å². The van der Waals surface area contributed by atoms with Crippen molar-refractivity contribution in [1.82, 2.24) is 10.3 Å². The molecule has 3 N–H and O–H groups in total. The quantitative estimate of drug-likeness (QED) is 0.710. The van der Waals surface area contributed by atoms with Gasteiger partial charge in [0, 0.05) is 12.7 Å². The first-order valence-electron chi connectivity index (χ1n) is 5.55. The van der Waals surface area contributed by atoms with Crippen molar-refractivity contribution < 1.29 is 9.90 Å². The van der Waals surface area contributed by atoms with Gasteiger partial charge in [-0.15, -0.1) is 0 Å². The zero-order chi connectivity index (χ0) is 12.2. The van der Waals surface area contributed by atoms with Gasteiger partial charge in [-0.25, -0.2) is 0 Å². The first-order valence-corrected chi connectivity index (χ1v) is 5.55. The van der Waals surface area contributed by atoms with Crippen LogP contribution in [0.1, 0.15) is 37.7 Å². The first kappa shape index (κ1) is 12.8. The van der Waals surface area contributed by atoms with Crippen LogP contribution in [0.4, 0.5) is 0 Å². The van der Waals surface area contributed by atoms with Gasteiger partial charge in [-0.1, -0.05) is 13.8 Å². The second-order valence-electron chi connectivity index (χ2n) is 4.86. The molecule has 1 amide bonds. The highest BCUT2D eigenvalue weighted by atomic mass is 16.3. The Kier molecular flexibility index (Phi) is 4.12. The van der Waals surface area contributed by atoms with Crippen molar-refractivity contribution in [3.05, 3.63) is 24.0 Å². The second kappa shape index (κ2) is 5.16. The van der Waals surface area contributed by atoms with Crippen molar-refractivity contribution in [2.75, 3.05) is 6.54 Å². The molecule has 1 rings (SSSR count). The average Bonchev–Trinajstić information content (AvgIpc) is 2.64. The lowest BCUT2D eigenvalue weighted by atomic mass is 9.94. The summed E-state index contributed by atoms with van der Waals surface area (Å²) in [6, 6.07) is 3.47. The molecule has 1 aromatic heterocycles. The first-order chi connectivity index (χ1) is 7.41. The fourth-order valence-electron chi connectivity index (χ4n) is 1.79. The van der Waals surface area contributed by atoms with Gasteiger partial charge in [0.25, 0.3) is 5.91 Å². The average molecular weight is 224 g/mol. The van der Waals surface area contributed by atoms with Gasteiger partial charge in [0.05, 0.1) is 5.60 Å². The Morgan fingerprint density at radius 1 is 1.62 bits per heavy atom. The normalized spacial score (nSPS) is 14.8. The number of carbonyl (C=O) groups excluding carboxylic acids is 1. The predicted molar refractivity (Wildman–Crippen MR) is 63.2 cm³/mol. The van der Waals surface area contributed by atoms with Crippen molar-refractivity contribution in [3.8, 4) is 0 Å². The lowest BCUT2D eigenvalue weighted by molar-refractivity contribution is 0.0367. The number of carbonyl (C=O) groups is 1. The van der Waals surface area contributed by atoms with Crippen molar-refractivity contribution in [2.45, 2.75) is 32.8 Å². The summed E-state index contributed by atoms with van der Waals surface area (Å²) in [6.45, 7) is 6.09. The van der Waals surface area contributed by atoms with Crippen LogP contribution in [0.15, 0.2) is 18.3 Å². The lowest BCUT2D eigenvalue weighted by Crippen LogP contribution is -2.41. The second-order valence-corrected chi connectivity index (χ2v) is 4.86. The van der Waals surface area contributed by atoms with Crippen LogP contribution in [0.3, 0.4) is 0 Å². The number of H-pyrrole nitrogens is 1. The van der Waals surface area contributed by atoms with Crippen molar-refractivity contribution in [2.24, 2.45) is 5.92 Å². The third kappa shape index (κ3) is 4.06. The largest absolute Gasteiger partial charge is 0.388 e. The smallest absolute Gasteiger partial charge is 0.267 e. The van der Waals surface area contributed by atoms with Crippen LogP contribution >= 0.6 is 0 Å². The number of aromatic nitrogens is 1. The van der Waals surface area contributed by atoms with Crippen LogP contribution in [-0.4, -0.2) is 28.1 Å². The van der Waals surface area contributed by atoms with Crippen LogP contribution in [0, 0.1) is 5.92 Å². The van der Waals surface area contributed by atoms with Crippen molar-refractivity contribution >= 4 is 5.91 Å². The maximum Gasteiger partial charge on any atom is 0.267 e. The fraction of sp³-hybridized carbons (Fsp3) is 0.583. The summed E-state index contributed by atoms with van der Waals surface area (Å²) in [4.78, 5) is 14.4. The number of amides is 1. The molecule has 0 aliphatic carbocycles. The number of nitrogens with one attached hydrogen (secondary N) is 2. The van der Waals surface area contributed by atoms with Gasteiger partial charge in [0.2, 0.25) is 0 Å². The molecular weight excluding hydrogens is 204 g/mol. The van der Waals surface area contributed by atoms with Gasteiger partial charge in [-0.3, -0.25) is 4.79 Å². The molecule has 0 saturated carbocycles. The molecule has 0 radical (unpaired) electrons. The van der Waals surface area contributed by atoms with E-state index in [1.807, 2.05) is 13.8 Å². The Hall–Kier alpha value is -1.29. The van der Waals surface area contributed by atoms with Crippen LogP contribution in [0.2, 0.25) is 0 Å². The van der Waals surface area contributed by atoms with E-state index in [9.17, 15) is 9.90 Å². The molecule has 16 heavy (non-hydrogen) atoms. The Balaban J connectivity index is 2.42. The topological polar surface area (TPSA) is 65.1 Å². The molecule has 0 aliphatic rings. The fourth-order valence-corrected chi connectivity index (χ4v) is 1.79. The van der Waals surface area contributed by atoms with E-state index in [1.54, 1.807) is 25.3 Å². The van der Waals surface area contributed by atoms with Gasteiger partial charge < -0.3 is 15.4 Å². The van der Waals surface area contributed by atoms with E-state index in [0.29, 0.717) is 18.0 Å². The van der Waals surface area contributed by atoms with Gasteiger partial charge >= 0.3 is 0 Å². The minimum absolute atomic E-state index is 0.186. The third-order valence-electron chi connectivity index (χ3n) is 2.32. The summed E-state index contributed by atoms with van der Waals surface area (Å²) in [5.74, 6) is 0.214. The zero-order valence-electron chi connectivity index (χ0n) is 10.1. The van der Waals surface area contributed by atoms with Crippen LogP contribution in [-0.2, 0) is 0 Å². The van der Waals surface area contributed by atoms with E-state index in [-0.39, 0.29) is 12.5 Å². The number of hydrogen-bond acceptors (Lipinski definition) is 2. The number of aromatic amines is 1. The summed E-state index contributed by atoms with van der Waals surface area (Å²) < 4.78 is 0. The maximum atomic E-state index is 11.6.